The lowest BCUT2D eigenvalue weighted by atomic mass is 9.49. The average molecular weight is 303 g/mol. The van der Waals surface area contributed by atoms with E-state index >= 15 is 0 Å². The summed E-state index contributed by atoms with van der Waals surface area (Å²) in [5.74, 6) is 3.05. The molecule has 1 N–H and O–H groups in total. The number of anilines is 1. The Labute approximate surface area is 131 Å². The molecule has 0 aliphatic heterocycles. The minimum absolute atomic E-state index is 0.0676. The number of tetrazole rings is 1. The zero-order chi connectivity index (χ0) is 15.2. The number of rotatable bonds is 5. The first-order valence-electron chi connectivity index (χ1n) is 8.72. The van der Waals surface area contributed by atoms with E-state index in [0.717, 1.165) is 30.7 Å². The third-order valence-corrected chi connectivity index (χ3v) is 5.83. The lowest BCUT2D eigenvalue weighted by Gasteiger charge is -2.56. The second-order valence-corrected chi connectivity index (χ2v) is 7.85. The fraction of sp³-hybridized carbons (Fsp3) is 0.875. The number of hydrogen-bond donors (Lipinski definition) is 1. The van der Waals surface area contributed by atoms with E-state index in [4.69, 9.17) is 0 Å². The van der Waals surface area contributed by atoms with Gasteiger partial charge in [0, 0.05) is 6.42 Å². The van der Waals surface area contributed by atoms with Crippen molar-refractivity contribution in [1.82, 2.24) is 20.2 Å². The van der Waals surface area contributed by atoms with Gasteiger partial charge in [-0.05, 0) is 73.3 Å². The second-order valence-electron chi connectivity index (χ2n) is 7.85. The molecule has 1 aromatic heterocycles. The smallest absolute Gasteiger partial charge is 0.270 e. The van der Waals surface area contributed by atoms with E-state index in [9.17, 15) is 4.79 Å². The molecule has 120 valence electrons. The minimum Gasteiger partial charge on any atom is -0.292 e. The first kappa shape index (κ1) is 14.2. The largest absolute Gasteiger partial charge is 0.292 e. The van der Waals surface area contributed by atoms with E-state index in [1.54, 1.807) is 4.80 Å². The van der Waals surface area contributed by atoms with Crippen LogP contribution < -0.4 is 5.32 Å². The van der Waals surface area contributed by atoms with Gasteiger partial charge in [-0.1, -0.05) is 12.0 Å². The molecule has 0 aromatic carbocycles. The van der Waals surface area contributed by atoms with Gasteiger partial charge in [0.15, 0.2) is 0 Å². The highest BCUT2D eigenvalue weighted by molar-refractivity contribution is 5.89. The van der Waals surface area contributed by atoms with Crippen molar-refractivity contribution >= 4 is 11.9 Å². The summed E-state index contributed by atoms with van der Waals surface area (Å²) in [5, 5.41) is 14.9. The molecule has 4 saturated carbocycles. The summed E-state index contributed by atoms with van der Waals surface area (Å²) in [7, 11) is 0. The van der Waals surface area contributed by atoms with Crippen LogP contribution in [-0.4, -0.2) is 26.1 Å². The van der Waals surface area contributed by atoms with E-state index in [-0.39, 0.29) is 11.3 Å². The van der Waals surface area contributed by atoms with Crippen LogP contribution in [0.1, 0.15) is 58.3 Å². The van der Waals surface area contributed by atoms with Gasteiger partial charge in [0.1, 0.15) is 0 Å². The van der Waals surface area contributed by atoms with Gasteiger partial charge in [-0.3, -0.25) is 10.1 Å². The number of aromatic nitrogens is 4. The van der Waals surface area contributed by atoms with Gasteiger partial charge in [-0.15, -0.1) is 5.10 Å². The van der Waals surface area contributed by atoms with Gasteiger partial charge in [-0.25, -0.2) is 0 Å². The summed E-state index contributed by atoms with van der Waals surface area (Å²) in [6, 6.07) is 0. The van der Waals surface area contributed by atoms with Crippen molar-refractivity contribution in [2.75, 3.05) is 5.32 Å². The maximum atomic E-state index is 12.4. The molecule has 4 aliphatic rings. The zero-order valence-electron chi connectivity index (χ0n) is 13.3. The molecule has 6 heteroatoms. The minimum atomic E-state index is 0.0676. The van der Waals surface area contributed by atoms with Crippen LogP contribution in [0.4, 0.5) is 5.95 Å². The summed E-state index contributed by atoms with van der Waals surface area (Å²) in [6.45, 7) is 2.80. The van der Waals surface area contributed by atoms with Crippen molar-refractivity contribution in [2.45, 2.75) is 64.8 Å². The SMILES string of the molecule is CCCn1nnc(NC(=O)CC23CC4CC(CC(C4)C2)C3)n1. The summed E-state index contributed by atoms with van der Waals surface area (Å²) >= 11 is 0. The van der Waals surface area contributed by atoms with Crippen molar-refractivity contribution in [3.8, 4) is 0 Å². The fourth-order valence-corrected chi connectivity index (χ4v) is 5.60. The van der Waals surface area contributed by atoms with Crippen molar-refractivity contribution in [3.63, 3.8) is 0 Å². The summed E-state index contributed by atoms with van der Waals surface area (Å²) < 4.78 is 0. The summed E-state index contributed by atoms with van der Waals surface area (Å²) in [6.07, 6.45) is 9.58. The molecule has 4 bridgehead atoms. The Morgan fingerprint density at radius 2 is 1.86 bits per heavy atom. The molecule has 4 fully saturated rings. The normalized spacial score (nSPS) is 35.8. The van der Waals surface area contributed by atoms with Gasteiger partial charge in [0.2, 0.25) is 5.91 Å². The van der Waals surface area contributed by atoms with E-state index in [1.165, 1.54) is 38.5 Å². The number of carbonyl (C=O) groups is 1. The Morgan fingerprint density at radius 1 is 1.23 bits per heavy atom. The van der Waals surface area contributed by atoms with Crippen LogP contribution in [0.5, 0.6) is 0 Å². The van der Waals surface area contributed by atoms with Crippen LogP contribution in [0.3, 0.4) is 0 Å². The number of nitrogens with one attached hydrogen (secondary N) is 1. The quantitative estimate of drug-likeness (QED) is 0.907. The number of amides is 1. The lowest BCUT2D eigenvalue weighted by Crippen LogP contribution is -2.47. The second kappa shape index (κ2) is 5.32. The Bertz CT molecular complexity index is 531. The lowest BCUT2D eigenvalue weighted by molar-refractivity contribution is -0.124. The molecular weight excluding hydrogens is 278 g/mol. The van der Waals surface area contributed by atoms with Crippen molar-refractivity contribution in [3.05, 3.63) is 0 Å². The van der Waals surface area contributed by atoms with Gasteiger partial charge < -0.3 is 0 Å². The number of hydrogen-bond acceptors (Lipinski definition) is 4. The summed E-state index contributed by atoms with van der Waals surface area (Å²) in [5.41, 5.74) is 0.262. The highest BCUT2D eigenvalue weighted by Gasteiger charge is 2.51. The molecule has 1 amide bonds. The molecule has 4 aliphatic carbocycles. The molecule has 1 heterocycles. The molecule has 0 radical (unpaired) electrons. The van der Waals surface area contributed by atoms with Crippen molar-refractivity contribution < 1.29 is 4.79 Å². The third kappa shape index (κ3) is 2.63. The maximum absolute atomic E-state index is 12.4. The van der Waals surface area contributed by atoms with Crippen LogP contribution in [0.15, 0.2) is 0 Å². The monoisotopic (exact) mass is 303 g/mol. The van der Waals surface area contributed by atoms with E-state index < -0.39 is 0 Å². The highest BCUT2D eigenvalue weighted by Crippen LogP contribution is 2.61. The molecular formula is C16H25N5O. The molecule has 22 heavy (non-hydrogen) atoms. The van der Waals surface area contributed by atoms with Crippen LogP contribution >= 0.6 is 0 Å². The van der Waals surface area contributed by atoms with E-state index in [2.05, 4.69) is 27.7 Å². The third-order valence-electron chi connectivity index (χ3n) is 5.83. The predicted octanol–water partition coefficient (Wildman–Crippen LogP) is 2.63. The van der Waals surface area contributed by atoms with Gasteiger partial charge in [-0.2, -0.15) is 4.80 Å². The average Bonchev–Trinajstić information content (AvgIpc) is 2.83. The Kier molecular flexibility index (Phi) is 3.42. The Balaban J connectivity index is 1.39. The molecule has 5 rings (SSSR count). The topological polar surface area (TPSA) is 72.7 Å². The first-order valence-corrected chi connectivity index (χ1v) is 8.72. The molecule has 1 aromatic rings. The fourth-order valence-electron chi connectivity index (χ4n) is 5.60. The molecule has 0 atom stereocenters. The van der Waals surface area contributed by atoms with Crippen LogP contribution in [0.2, 0.25) is 0 Å². The van der Waals surface area contributed by atoms with Crippen LogP contribution in [0.25, 0.3) is 0 Å². The number of carbonyl (C=O) groups excluding carboxylic acids is 1. The van der Waals surface area contributed by atoms with Gasteiger partial charge in [0.25, 0.3) is 5.95 Å². The van der Waals surface area contributed by atoms with Gasteiger partial charge in [0.05, 0.1) is 6.54 Å². The maximum Gasteiger partial charge on any atom is 0.270 e. The van der Waals surface area contributed by atoms with Crippen LogP contribution in [-0.2, 0) is 11.3 Å². The first-order chi connectivity index (χ1) is 10.6. The van der Waals surface area contributed by atoms with Crippen molar-refractivity contribution in [1.29, 1.82) is 0 Å². The number of aryl methyl sites for hydroxylation is 1. The summed E-state index contributed by atoms with van der Waals surface area (Å²) in [4.78, 5) is 14.0. The standard InChI is InChI=1S/C16H25N5O/c1-2-3-21-19-15(18-20-21)17-14(22)10-16-7-11-4-12(8-16)6-13(5-11)9-16/h11-13H,2-10H2,1H3,(H,17,19,22). The molecule has 0 saturated heterocycles. The molecule has 0 unspecified atom stereocenters. The van der Waals surface area contributed by atoms with Crippen molar-refractivity contribution in [2.24, 2.45) is 23.2 Å². The highest BCUT2D eigenvalue weighted by atomic mass is 16.1. The molecule has 6 nitrogen and oxygen atoms in total. The molecule has 0 spiro atoms. The Hall–Kier alpha value is -1.46. The predicted molar refractivity (Wildman–Crippen MR) is 82.0 cm³/mol. The zero-order valence-corrected chi connectivity index (χ0v) is 13.3. The Morgan fingerprint density at radius 3 is 2.45 bits per heavy atom. The van der Waals surface area contributed by atoms with Crippen LogP contribution in [0, 0.1) is 23.2 Å². The van der Waals surface area contributed by atoms with Gasteiger partial charge >= 0.3 is 0 Å². The van der Waals surface area contributed by atoms with E-state index in [0.29, 0.717) is 12.4 Å². The van der Waals surface area contributed by atoms with E-state index in [1.807, 2.05) is 0 Å². The number of nitrogens with zero attached hydrogens (tertiary/aromatic N) is 4.